The van der Waals surface area contributed by atoms with Crippen LogP contribution < -0.4 is 10.5 Å². The van der Waals surface area contributed by atoms with Gasteiger partial charge in [-0.25, -0.2) is 17.9 Å². The van der Waals surface area contributed by atoms with Gasteiger partial charge < -0.3 is 15.2 Å². The predicted octanol–water partition coefficient (Wildman–Crippen LogP) is -0.747. The van der Waals surface area contributed by atoms with E-state index in [4.69, 9.17) is 10.5 Å². The van der Waals surface area contributed by atoms with E-state index in [1.807, 2.05) is 0 Å². The summed E-state index contributed by atoms with van der Waals surface area (Å²) < 4.78 is 35.8. The van der Waals surface area contributed by atoms with Crippen molar-refractivity contribution in [1.82, 2.24) is 4.72 Å². The summed E-state index contributed by atoms with van der Waals surface area (Å²) in [6, 6.07) is 5.66. The normalized spacial score (nSPS) is 11.1. The van der Waals surface area contributed by atoms with Gasteiger partial charge in [-0.2, -0.15) is 0 Å². The zero-order valence-corrected chi connectivity index (χ0v) is 12.2. The Bertz CT molecular complexity index is 614. The summed E-state index contributed by atoms with van der Waals surface area (Å²) >= 11 is 0. The summed E-state index contributed by atoms with van der Waals surface area (Å²) in [6.45, 7) is -0.381. The highest BCUT2D eigenvalue weighted by Gasteiger charge is 2.21. The Morgan fingerprint density at radius 3 is 2.57 bits per heavy atom. The van der Waals surface area contributed by atoms with Crippen LogP contribution in [-0.4, -0.2) is 47.2 Å². The molecule has 0 saturated carbocycles. The van der Waals surface area contributed by atoms with E-state index in [-0.39, 0.29) is 30.2 Å². The molecule has 1 rings (SSSR count). The molecule has 9 heteroatoms. The maximum absolute atomic E-state index is 12.1. The first-order chi connectivity index (χ1) is 9.88. The van der Waals surface area contributed by atoms with Gasteiger partial charge in [-0.1, -0.05) is 12.1 Å². The number of hydrogen-bond acceptors (Lipinski definition) is 6. The van der Waals surface area contributed by atoms with Gasteiger partial charge in [-0.3, -0.25) is 4.79 Å². The molecular formula is C12H16N2O6S. The van der Waals surface area contributed by atoms with Crippen molar-refractivity contribution in [2.24, 2.45) is 5.73 Å². The molecule has 1 aromatic rings. The molecule has 21 heavy (non-hydrogen) atoms. The Hall–Kier alpha value is -1.97. The Kier molecular flexibility index (Phi) is 6.28. The predicted molar refractivity (Wildman–Crippen MR) is 73.0 cm³/mol. The lowest BCUT2D eigenvalue weighted by Gasteiger charge is -2.10. The zero-order valence-electron chi connectivity index (χ0n) is 11.4. The number of ether oxygens (including phenoxy) is 2. The van der Waals surface area contributed by atoms with Gasteiger partial charge in [0.05, 0.1) is 24.2 Å². The lowest BCUT2D eigenvalue weighted by Crippen LogP contribution is -2.30. The molecule has 8 nitrogen and oxygen atoms in total. The van der Waals surface area contributed by atoms with Gasteiger partial charge in [-0.15, -0.1) is 0 Å². The summed E-state index contributed by atoms with van der Waals surface area (Å²) in [5.74, 6) is -1.39. The molecule has 0 unspecified atom stereocenters. The number of benzene rings is 1. The number of nitrogens with one attached hydrogen (secondary N) is 1. The van der Waals surface area contributed by atoms with Gasteiger partial charge in [-0.05, 0) is 12.1 Å². The number of carbonyl (C=O) groups excluding carboxylic acids is 2. The van der Waals surface area contributed by atoms with Gasteiger partial charge in [0.1, 0.15) is 6.61 Å². The van der Waals surface area contributed by atoms with E-state index in [2.05, 4.69) is 9.46 Å². The van der Waals surface area contributed by atoms with Gasteiger partial charge in [0.25, 0.3) is 0 Å². The Balaban J connectivity index is 2.75. The fourth-order valence-electron chi connectivity index (χ4n) is 1.48. The summed E-state index contributed by atoms with van der Waals surface area (Å²) in [6.07, 6.45) is 0. The number of rotatable bonds is 8. The van der Waals surface area contributed by atoms with Crippen LogP contribution in [0, 0.1) is 0 Å². The smallest absolute Gasteiger partial charge is 0.339 e. The first-order valence-electron chi connectivity index (χ1n) is 5.91. The maximum Gasteiger partial charge on any atom is 0.339 e. The van der Waals surface area contributed by atoms with Crippen molar-refractivity contribution in [1.29, 1.82) is 0 Å². The minimum Gasteiger partial charge on any atom is -0.465 e. The molecule has 1 amide bonds. The second-order valence-corrected chi connectivity index (χ2v) is 5.64. The van der Waals surface area contributed by atoms with Crippen molar-refractivity contribution in [3.63, 3.8) is 0 Å². The number of sulfonamides is 1. The summed E-state index contributed by atoms with van der Waals surface area (Å²) in [5.41, 5.74) is 4.80. The van der Waals surface area contributed by atoms with Crippen LogP contribution in [0.2, 0.25) is 0 Å². The van der Waals surface area contributed by atoms with Gasteiger partial charge >= 0.3 is 5.97 Å². The molecule has 0 aliphatic carbocycles. The summed E-state index contributed by atoms with van der Waals surface area (Å²) in [4.78, 5) is 21.8. The van der Waals surface area contributed by atoms with Crippen LogP contribution in [0.4, 0.5) is 0 Å². The van der Waals surface area contributed by atoms with Crippen LogP contribution in [0.25, 0.3) is 0 Å². The average molecular weight is 316 g/mol. The fraction of sp³-hybridized carbons (Fsp3) is 0.333. The standard InChI is InChI=1S/C12H16N2O6S/c1-19-12(16)9-4-2-3-5-10(9)21(17,18)14-6-7-20-8-11(13)15/h2-5,14H,6-8H2,1H3,(H2,13,15). The van der Waals surface area contributed by atoms with E-state index in [9.17, 15) is 18.0 Å². The molecule has 0 bridgehead atoms. The van der Waals surface area contributed by atoms with Crippen molar-refractivity contribution >= 4 is 21.9 Å². The quantitative estimate of drug-likeness (QED) is 0.480. The van der Waals surface area contributed by atoms with E-state index >= 15 is 0 Å². The molecule has 116 valence electrons. The molecule has 1 aromatic carbocycles. The number of hydrogen-bond donors (Lipinski definition) is 2. The molecule has 0 saturated heterocycles. The van der Waals surface area contributed by atoms with Crippen molar-refractivity contribution in [3.05, 3.63) is 29.8 Å². The van der Waals surface area contributed by atoms with Crippen LogP contribution in [0.1, 0.15) is 10.4 Å². The molecule has 0 fully saturated rings. The molecule has 0 atom stereocenters. The van der Waals surface area contributed by atoms with Crippen LogP contribution in [0.15, 0.2) is 29.2 Å². The molecule has 3 N–H and O–H groups in total. The van der Waals surface area contributed by atoms with E-state index in [0.717, 1.165) is 7.11 Å². The number of amides is 1. The average Bonchev–Trinajstić information content (AvgIpc) is 2.45. The number of methoxy groups -OCH3 is 1. The lowest BCUT2D eigenvalue weighted by molar-refractivity contribution is -0.122. The van der Waals surface area contributed by atoms with Crippen molar-refractivity contribution < 1.29 is 27.5 Å². The van der Waals surface area contributed by atoms with E-state index in [1.165, 1.54) is 24.3 Å². The molecule has 0 spiro atoms. The third-order valence-corrected chi connectivity index (χ3v) is 3.88. The summed E-state index contributed by atoms with van der Waals surface area (Å²) in [5, 5.41) is 0. The SMILES string of the molecule is COC(=O)c1ccccc1S(=O)(=O)NCCOCC(N)=O. The van der Waals surface area contributed by atoms with Crippen LogP contribution in [0.5, 0.6) is 0 Å². The Labute approximate surface area is 122 Å². The van der Waals surface area contributed by atoms with E-state index in [0.29, 0.717) is 0 Å². The maximum atomic E-state index is 12.1. The largest absolute Gasteiger partial charge is 0.465 e. The number of nitrogens with two attached hydrogens (primary N) is 1. The topological polar surface area (TPSA) is 125 Å². The van der Waals surface area contributed by atoms with Crippen LogP contribution in [-0.2, 0) is 24.3 Å². The third-order valence-electron chi connectivity index (χ3n) is 2.36. The molecule has 0 aliphatic heterocycles. The monoisotopic (exact) mass is 316 g/mol. The number of esters is 1. The molecule has 0 aromatic heterocycles. The highest BCUT2D eigenvalue weighted by molar-refractivity contribution is 7.89. The first-order valence-corrected chi connectivity index (χ1v) is 7.40. The van der Waals surface area contributed by atoms with Crippen molar-refractivity contribution in [3.8, 4) is 0 Å². The second kappa shape index (κ2) is 7.72. The minimum absolute atomic E-state index is 0.0252. The van der Waals surface area contributed by atoms with E-state index in [1.54, 1.807) is 0 Å². The fourth-order valence-corrected chi connectivity index (χ4v) is 2.68. The highest BCUT2D eigenvalue weighted by atomic mass is 32.2. The molecule has 0 radical (unpaired) electrons. The third kappa shape index (κ3) is 5.14. The highest BCUT2D eigenvalue weighted by Crippen LogP contribution is 2.15. The van der Waals surface area contributed by atoms with Gasteiger partial charge in [0.2, 0.25) is 15.9 Å². The Morgan fingerprint density at radius 2 is 1.95 bits per heavy atom. The molecular weight excluding hydrogens is 300 g/mol. The molecule has 0 aliphatic rings. The minimum atomic E-state index is -3.89. The second-order valence-electron chi connectivity index (χ2n) is 3.90. The first kappa shape index (κ1) is 17.1. The summed E-state index contributed by atoms with van der Waals surface area (Å²) in [7, 11) is -2.73. The zero-order chi connectivity index (χ0) is 15.9. The Morgan fingerprint density at radius 1 is 1.29 bits per heavy atom. The van der Waals surface area contributed by atoms with Crippen molar-refractivity contribution in [2.45, 2.75) is 4.90 Å². The van der Waals surface area contributed by atoms with Crippen LogP contribution >= 0.6 is 0 Å². The van der Waals surface area contributed by atoms with Crippen LogP contribution in [0.3, 0.4) is 0 Å². The van der Waals surface area contributed by atoms with Crippen molar-refractivity contribution in [2.75, 3.05) is 26.9 Å². The lowest BCUT2D eigenvalue weighted by atomic mass is 10.2. The van der Waals surface area contributed by atoms with Gasteiger partial charge in [0.15, 0.2) is 0 Å². The van der Waals surface area contributed by atoms with E-state index < -0.39 is 21.9 Å². The number of primary amides is 1. The number of carbonyl (C=O) groups is 2. The molecule has 0 heterocycles. The van der Waals surface area contributed by atoms with Gasteiger partial charge in [0, 0.05) is 6.54 Å².